The van der Waals surface area contributed by atoms with E-state index in [2.05, 4.69) is 215 Å². The maximum absolute atomic E-state index is 2.59. The third kappa shape index (κ3) is 3.98. The fourth-order valence-electron chi connectivity index (χ4n) is 10.8. The van der Waals surface area contributed by atoms with Crippen molar-refractivity contribution in [2.45, 2.75) is 0 Å². The Labute approximate surface area is 331 Å². The molecule has 11 aromatic rings. The predicted molar refractivity (Wildman–Crippen MR) is 242 cm³/mol. The van der Waals surface area contributed by atoms with Crippen molar-refractivity contribution < 1.29 is 0 Å². The van der Waals surface area contributed by atoms with Gasteiger partial charge in [0.05, 0.1) is 22.1 Å². The van der Waals surface area contributed by atoms with Crippen molar-refractivity contribution in [3.63, 3.8) is 0 Å². The van der Waals surface area contributed by atoms with E-state index in [1.54, 1.807) is 0 Å². The van der Waals surface area contributed by atoms with Gasteiger partial charge in [-0.2, -0.15) is 0 Å². The summed E-state index contributed by atoms with van der Waals surface area (Å²) in [7, 11) is -2.59. The average molecular weight is 739 g/mol. The van der Waals surface area contributed by atoms with Gasteiger partial charge in [0.15, 0.2) is 8.07 Å². The zero-order valence-electron chi connectivity index (χ0n) is 31.0. The van der Waals surface area contributed by atoms with Crippen LogP contribution in [0.25, 0.3) is 88.4 Å². The van der Waals surface area contributed by atoms with Crippen molar-refractivity contribution in [1.82, 2.24) is 9.13 Å². The van der Waals surface area contributed by atoms with Crippen LogP contribution in [0.2, 0.25) is 0 Å². The van der Waals surface area contributed by atoms with Crippen LogP contribution in [-0.2, 0) is 0 Å². The summed E-state index contributed by atoms with van der Waals surface area (Å²) in [4.78, 5) is 0. The number of benzene rings is 9. The first-order valence-corrected chi connectivity index (χ1v) is 21.9. The second kappa shape index (κ2) is 11.4. The van der Waals surface area contributed by atoms with Crippen molar-refractivity contribution in [3.8, 4) is 44.8 Å². The first kappa shape index (κ1) is 31.0. The minimum atomic E-state index is -2.59. The Morgan fingerprint density at radius 3 is 1.32 bits per heavy atom. The molecule has 2 aliphatic heterocycles. The van der Waals surface area contributed by atoms with Crippen LogP contribution in [0, 0.1) is 0 Å². The summed E-state index contributed by atoms with van der Waals surface area (Å²) >= 11 is 0. The van der Waals surface area contributed by atoms with Gasteiger partial charge in [-0.05, 0) is 103 Å². The Hall–Kier alpha value is -7.20. The maximum atomic E-state index is 2.56. The van der Waals surface area contributed by atoms with Crippen LogP contribution in [0.1, 0.15) is 0 Å². The van der Waals surface area contributed by atoms with Crippen LogP contribution in [0.15, 0.2) is 206 Å². The normalized spacial score (nSPS) is 13.4. The molecule has 0 N–H and O–H groups in total. The van der Waals surface area contributed by atoms with E-state index in [1.165, 1.54) is 103 Å². The maximum Gasteiger partial charge on any atom is 0.182 e. The fraction of sp³-hybridized carbons (Fsp3) is 0. The van der Waals surface area contributed by atoms with Crippen LogP contribution >= 0.6 is 0 Å². The molecule has 0 atom stereocenters. The summed E-state index contributed by atoms with van der Waals surface area (Å²) < 4.78 is 4.99. The Morgan fingerprint density at radius 1 is 0.281 bits per heavy atom. The quantitative estimate of drug-likeness (QED) is 0.160. The van der Waals surface area contributed by atoms with E-state index >= 15 is 0 Å². The molecule has 0 saturated heterocycles. The molecule has 9 aromatic carbocycles. The van der Waals surface area contributed by atoms with Crippen molar-refractivity contribution >= 4 is 72.4 Å². The number of fused-ring (bicyclic) bond motifs is 17. The molecule has 2 nitrogen and oxygen atoms in total. The lowest BCUT2D eigenvalue weighted by atomic mass is 10.0. The number of aromatic nitrogens is 2. The van der Waals surface area contributed by atoms with E-state index in [0.29, 0.717) is 0 Å². The zero-order chi connectivity index (χ0) is 37.2. The molecule has 13 rings (SSSR count). The summed E-state index contributed by atoms with van der Waals surface area (Å²) in [6.45, 7) is 0. The Balaban J connectivity index is 1.10. The third-order valence-corrected chi connectivity index (χ3v) is 17.9. The van der Waals surface area contributed by atoms with E-state index in [4.69, 9.17) is 0 Å². The van der Waals surface area contributed by atoms with Gasteiger partial charge in [0.25, 0.3) is 0 Å². The van der Waals surface area contributed by atoms with Gasteiger partial charge in [-0.1, -0.05) is 158 Å². The van der Waals surface area contributed by atoms with Crippen LogP contribution in [0.3, 0.4) is 0 Å². The Kier molecular flexibility index (Phi) is 6.22. The molecule has 4 heterocycles. The Morgan fingerprint density at radius 2 is 0.737 bits per heavy atom. The van der Waals surface area contributed by atoms with E-state index in [9.17, 15) is 0 Å². The number of hydrogen-bond donors (Lipinski definition) is 0. The molecule has 264 valence electrons. The molecule has 2 aromatic heterocycles. The lowest BCUT2D eigenvalue weighted by molar-refractivity contribution is 1.17. The molecule has 0 fully saturated rings. The molecule has 1 spiro atoms. The van der Waals surface area contributed by atoms with Crippen LogP contribution in [0.5, 0.6) is 0 Å². The molecule has 0 radical (unpaired) electrons. The zero-order valence-corrected chi connectivity index (χ0v) is 32.0. The molecule has 0 unspecified atom stereocenters. The first-order chi connectivity index (χ1) is 28.3. The molecular weight excluding hydrogens is 705 g/mol. The second-order valence-corrected chi connectivity index (χ2v) is 19.2. The number of hydrogen-bond acceptors (Lipinski definition) is 0. The van der Waals surface area contributed by atoms with Crippen molar-refractivity contribution in [2.75, 3.05) is 0 Å². The smallest absolute Gasteiger partial charge is 0.182 e. The minimum Gasteiger partial charge on any atom is -0.309 e. The molecule has 0 amide bonds. The summed E-state index contributed by atoms with van der Waals surface area (Å²) in [5.74, 6) is 0. The molecule has 2 aliphatic rings. The number of nitrogens with zero attached hydrogens (tertiary/aromatic N) is 2. The highest BCUT2D eigenvalue weighted by Gasteiger charge is 2.53. The molecule has 0 bridgehead atoms. The van der Waals surface area contributed by atoms with E-state index in [-0.39, 0.29) is 0 Å². The van der Waals surface area contributed by atoms with Gasteiger partial charge in [-0.25, -0.2) is 0 Å². The number of para-hydroxylation sites is 2. The number of rotatable bonds is 3. The summed E-state index contributed by atoms with van der Waals surface area (Å²) in [6.07, 6.45) is 0. The van der Waals surface area contributed by atoms with E-state index < -0.39 is 8.07 Å². The van der Waals surface area contributed by atoms with Gasteiger partial charge in [0.1, 0.15) is 0 Å². The molecular formula is C54H34N2Si. The van der Waals surface area contributed by atoms with Gasteiger partial charge in [-0.3, -0.25) is 0 Å². The van der Waals surface area contributed by atoms with Crippen LogP contribution in [0.4, 0.5) is 0 Å². The van der Waals surface area contributed by atoms with Gasteiger partial charge in [0, 0.05) is 32.9 Å². The minimum absolute atomic E-state index is 1.16. The SMILES string of the molecule is c1ccc(-c2cccc(-n3c4ccccc4c4c5c6ccccc6n(-c6ccc7c(c6)[Si]6(c8ccccc8-c8ccccc86)c6ccccc6-7)c5ccc43)c2)cc1. The topological polar surface area (TPSA) is 9.86 Å². The van der Waals surface area contributed by atoms with Crippen molar-refractivity contribution in [3.05, 3.63) is 206 Å². The van der Waals surface area contributed by atoms with Gasteiger partial charge in [-0.15, -0.1) is 0 Å². The van der Waals surface area contributed by atoms with Crippen molar-refractivity contribution in [1.29, 1.82) is 0 Å². The van der Waals surface area contributed by atoms with Crippen molar-refractivity contribution in [2.24, 2.45) is 0 Å². The first-order valence-electron chi connectivity index (χ1n) is 19.9. The van der Waals surface area contributed by atoms with Crippen LogP contribution < -0.4 is 20.7 Å². The largest absolute Gasteiger partial charge is 0.309 e. The van der Waals surface area contributed by atoms with E-state index in [1.807, 2.05) is 0 Å². The highest BCUT2D eigenvalue weighted by Crippen LogP contribution is 2.43. The molecule has 3 heteroatoms. The molecule has 57 heavy (non-hydrogen) atoms. The highest BCUT2D eigenvalue weighted by atomic mass is 28.3. The summed E-state index contributed by atoms with van der Waals surface area (Å²) in [5, 5.41) is 11.1. The van der Waals surface area contributed by atoms with Gasteiger partial charge in [0.2, 0.25) is 0 Å². The average Bonchev–Trinajstić information content (AvgIpc) is 3.98. The predicted octanol–water partition coefficient (Wildman–Crippen LogP) is 10.9. The Bertz CT molecular complexity index is 3410. The monoisotopic (exact) mass is 738 g/mol. The molecule has 0 aliphatic carbocycles. The third-order valence-electron chi connectivity index (χ3n) is 12.9. The fourth-order valence-corrected chi connectivity index (χ4v) is 16.4. The van der Waals surface area contributed by atoms with Gasteiger partial charge >= 0.3 is 0 Å². The van der Waals surface area contributed by atoms with E-state index in [0.717, 1.165) is 5.69 Å². The standard InChI is InChI=1S/C54H34N2Si/c1-2-15-35(16-3-1)36-17-14-18-37(33-36)55-45-24-9-4-22-43(45)53-47(55)31-32-48-54(53)44-23-5-10-25-46(44)56(48)38-29-30-42-41-21-8-13-28-51(41)57(52(42)34-38)49-26-11-6-19-39(49)40-20-7-12-27-50(40)57/h1-34H. The lowest BCUT2D eigenvalue weighted by Crippen LogP contribution is -2.70. The lowest BCUT2D eigenvalue weighted by Gasteiger charge is -2.28. The molecule has 0 saturated carbocycles. The highest BCUT2D eigenvalue weighted by molar-refractivity contribution is 7.24. The van der Waals surface area contributed by atoms with Crippen LogP contribution in [-0.4, -0.2) is 17.2 Å². The second-order valence-electron chi connectivity index (χ2n) is 15.6. The summed E-state index contributed by atoms with van der Waals surface area (Å²) in [6, 6.07) is 77.3. The van der Waals surface area contributed by atoms with Gasteiger partial charge < -0.3 is 9.13 Å². The summed E-state index contributed by atoms with van der Waals surface area (Å²) in [5.41, 5.74) is 15.2.